The Morgan fingerprint density at radius 1 is 1.44 bits per heavy atom. The maximum atomic E-state index is 5.26. The van der Waals surface area contributed by atoms with E-state index in [4.69, 9.17) is 12.2 Å². The zero-order chi connectivity index (χ0) is 12.2. The number of aryl methyl sites for hydroxylation is 2. The van der Waals surface area contributed by atoms with Crippen LogP contribution in [0.2, 0.25) is 0 Å². The van der Waals surface area contributed by atoms with Crippen LogP contribution < -0.4 is 5.32 Å². The van der Waals surface area contributed by atoms with Crippen molar-refractivity contribution in [3.8, 4) is 0 Å². The van der Waals surface area contributed by atoms with Crippen LogP contribution in [0.1, 0.15) is 39.4 Å². The first-order chi connectivity index (χ1) is 7.38. The molecule has 90 valence electrons. The Balaban J connectivity index is 2.26. The van der Waals surface area contributed by atoms with Gasteiger partial charge in [-0.2, -0.15) is 0 Å². The van der Waals surface area contributed by atoms with Gasteiger partial charge in [-0.1, -0.05) is 12.2 Å². The molecule has 0 bridgehead atoms. The predicted octanol–water partition coefficient (Wildman–Crippen LogP) is 1.25. The first-order valence-corrected chi connectivity index (χ1v) is 5.81. The molecule has 5 nitrogen and oxygen atoms in total. The van der Waals surface area contributed by atoms with Crippen molar-refractivity contribution in [1.82, 2.24) is 25.5 Å². The van der Waals surface area contributed by atoms with Gasteiger partial charge in [-0.05, 0) is 44.0 Å². The minimum atomic E-state index is 0.0451. The molecule has 1 N–H and O–H groups in total. The van der Waals surface area contributed by atoms with E-state index in [0.717, 1.165) is 30.1 Å². The highest BCUT2D eigenvalue weighted by atomic mass is 32.1. The second kappa shape index (κ2) is 5.34. The van der Waals surface area contributed by atoms with E-state index in [9.17, 15) is 0 Å². The fourth-order valence-electron chi connectivity index (χ4n) is 1.35. The smallest absolute Gasteiger partial charge is 0.150 e. The highest BCUT2D eigenvalue weighted by Crippen LogP contribution is 2.04. The SMILES string of the molecule is Cn1nnnc1CCCC(=S)NC(C)(C)C. The highest BCUT2D eigenvalue weighted by Gasteiger charge is 2.11. The van der Waals surface area contributed by atoms with E-state index in [-0.39, 0.29) is 5.54 Å². The second-order valence-electron chi connectivity index (χ2n) is 4.87. The number of hydrogen-bond acceptors (Lipinski definition) is 4. The van der Waals surface area contributed by atoms with Crippen molar-refractivity contribution >= 4 is 17.2 Å². The number of tetrazole rings is 1. The van der Waals surface area contributed by atoms with Gasteiger partial charge in [-0.15, -0.1) is 5.10 Å². The summed E-state index contributed by atoms with van der Waals surface area (Å²) in [6.45, 7) is 6.31. The van der Waals surface area contributed by atoms with Crippen molar-refractivity contribution in [2.24, 2.45) is 7.05 Å². The Morgan fingerprint density at radius 3 is 2.62 bits per heavy atom. The lowest BCUT2D eigenvalue weighted by atomic mass is 10.1. The van der Waals surface area contributed by atoms with Crippen LogP contribution in [0.5, 0.6) is 0 Å². The molecule has 6 heteroatoms. The number of thiocarbonyl (C=S) groups is 1. The predicted molar refractivity (Wildman–Crippen MR) is 67.2 cm³/mol. The number of aromatic nitrogens is 4. The van der Waals surface area contributed by atoms with Gasteiger partial charge in [0.15, 0.2) is 5.82 Å². The minimum Gasteiger partial charge on any atom is -0.375 e. The van der Waals surface area contributed by atoms with Crippen molar-refractivity contribution in [2.75, 3.05) is 0 Å². The maximum absolute atomic E-state index is 5.26. The molecule has 0 saturated heterocycles. The van der Waals surface area contributed by atoms with Gasteiger partial charge in [0.2, 0.25) is 0 Å². The lowest BCUT2D eigenvalue weighted by Crippen LogP contribution is -2.39. The maximum Gasteiger partial charge on any atom is 0.150 e. The van der Waals surface area contributed by atoms with Gasteiger partial charge in [0.05, 0.1) is 4.99 Å². The van der Waals surface area contributed by atoms with Crippen LogP contribution in [-0.4, -0.2) is 30.7 Å². The normalized spacial score (nSPS) is 11.5. The van der Waals surface area contributed by atoms with Crippen molar-refractivity contribution in [3.63, 3.8) is 0 Å². The lowest BCUT2D eigenvalue weighted by Gasteiger charge is -2.22. The monoisotopic (exact) mass is 241 g/mol. The highest BCUT2D eigenvalue weighted by molar-refractivity contribution is 7.80. The third-order valence-electron chi connectivity index (χ3n) is 2.03. The van der Waals surface area contributed by atoms with Crippen LogP contribution >= 0.6 is 12.2 Å². The average Bonchev–Trinajstić information content (AvgIpc) is 2.48. The molecule has 0 aromatic carbocycles. The molecule has 16 heavy (non-hydrogen) atoms. The number of hydrogen-bond donors (Lipinski definition) is 1. The van der Waals surface area contributed by atoms with E-state index in [1.54, 1.807) is 4.68 Å². The van der Waals surface area contributed by atoms with Crippen molar-refractivity contribution < 1.29 is 0 Å². The van der Waals surface area contributed by atoms with Crippen molar-refractivity contribution in [2.45, 2.75) is 45.6 Å². The Morgan fingerprint density at radius 2 is 2.12 bits per heavy atom. The first kappa shape index (κ1) is 13.0. The molecule has 0 aliphatic heterocycles. The molecule has 1 rings (SSSR count). The van der Waals surface area contributed by atoms with Gasteiger partial charge in [0, 0.05) is 19.0 Å². The molecule has 1 heterocycles. The van der Waals surface area contributed by atoms with Gasteiger partial charge in [0.25, 0.3) is 0 Å². The van der Waals surface area contributed by atoms with Crippen LogP contribution in [0.4, 0.5) is 0 Å². The van der Waals surface area contributed by atoms with Gasteiger partial charge >= 0.3 is 0 Å². The molecule has 0 atom stereocenters. The van der Waals surface area contributed by atoms with E-state index in [0.29, 0.717) is 0 Å². The third kappa shape index (κ3) is 4.65. The van der Waals surface area contributed by atoms with Crippen LogP contribution in [0, 0.1) is 0 Å². The summed E-state index contributed by atoms with van der Waals surface area (Å²) in [6, 6.07) is 0. The lowest BCUT2D eigenvalue weighted by molar-refractivity contribution is 0.509. The van der Waals surface area contributed by atoms with Crippen LogP contribution in [0.15, 0.2) is 0 Å². The second-order valence-corrected chi connectivity index (χ2v) is 5.36. The van der Waals surface area contributed by atoms with Crippen LogP contribution in [-0.2, 0) is 13.5 Å². The third-order valence-corrected chi connectivity index (χ3v) is 2.33. The van der Waals surface area contributed by atoms with E-state index in [2.05, 4.69) is 41.6 Å². The molecule has 0 saturated carbocycles. The van der Waals surface area contributed by atoms with Crippen LogP contribution in [0.3, 0.4) is 0 Å². The minimum absolute atomic E-state index is 0.0451. The van der Waals surface area contributed by atoms with Gasteiger partial charge in [-0.3, -0.25) is 0 Å². The van der Waals surface area contributed by atoms with Gasteiger partial charge in [-0.25, -0.2) is 4.68 Å². The summed E-state index contributed by atoms with van der Waals surface area (Å²) in [6.07, 6.45) is 2.70. The number of nitrogens with zero attached hydrogens (tertiary/aromatic N) is 4. The van der Waals surface area contributed by atoms with Gasteiger partial charge in [0.1, 0.15) is 0 Å². The molecule has 0 unspecified atom stereocenters. The Kier molecular flexibility index (Phi) is 4.35. The molecule has 0 radical (unpaired) electrons. The van der Waals surface area contributed by atoms with Crippen molar-refractivity contribution in [1.29, 1.82) is 0 Å². The summed E-state index contributed by atoms with van der Waals surface area (Å²) in [5.41, 5.74) is 0.0451. The summed E-state index contributed by atoms with van der Waals surface area (Å²) >= 11 is 5.26. The van der Waals surface area contributed by atoms with E-state index in [1.165, 1.54) is 0 Å². The van der Waals surface area contributed by atoms with Gasteiger partial charge < -0.3 is 5.32 Å². The van der Waals surface area contributed by atoms with E-state index in [1.807, 2.05) is 7.05 Å². The standard InChI is InChI=1S/C10H19N5S/c1-10(2,3)11-9(16)7-5-6-8-12-13-14-15(8)4/h5-7H2,1-4H3,(H,11,16). The van der Waals surface area contributed by atoms with Crippen LogP contribution in [0.25, 0.3) is 0 Å². The summed E-state index contributed by atoms with van der Waals surface area (Å²) < 4.78 is 1.69. The summed E-state index contributed by atoms with van der Waals surface area (Å²) in [7, 11) is 1.85. The molecule has 0 amide bonds. The molecule has 0 aliphatic rings. The molecule has 1 aromatic heterocycles. The molecule has 0 aliphatic carbocycles. The molecular formula is C10H19N5S. The fourth-order valence-corrected chi connectivity index (χ4v) is 1.80. The largest absolute Gasteiger partial charge is 0.375 e. The molecule has 0 fully saturated rings. The average molecular weight is 241 g/mol. The first-order valence-electron chi connectivity index (χ1n) is 5.41. The fraction of sp³-hybridized carbons (Fsp3) is 0.800. The molecule has 1 aromatic rings. The zero-order valence-corrected chi connectivity index (χ0v) is 11.1. The molecular weight excluding hydrogens is 222 g/mol. The summed E-state index contributed by atoms with van der Waals surface area (Å²) in [4.78, 5) is 0.905. The van der Waals surface area contributed by atoms with E-state index >= 15 is 0 Å². The Hall–Kier alpha value is -1.04. The number of rotatable bonds is 4. The summed E-state index contributed by atoms with van der Waals surface area (Å²) in [5.74, 6) is 0.901. The topological polar surface area (TPSA) is 55.6 Å². The Bertz CT molecular complexity index is 352. The summed E-state index contributed by atoms with van der Waals surface area (Å²) in [5, 5.41) is 14.6. The molecule has 0 spiro atoms. The van der Waals surface area contributed by atoms with Crippen molar-refractivity contribution in [3.05, 3.63) is 5.82 Å². The zero-order valence-electron chi connectivity index (χ0n) is 10.3. The quantitative estimate of drug-likeness (QED) is 0.804. The van der Waals surface area contributed by atoms with E-state index < -0.39 is 0 Å². The number of nitrogens with one attached hydrogen (secondary N) is 1. The Labute approximate surface area is 102 Å².